The number of carbonyl (C=O) groups is 1. The van der Waals surface area contributed by atoms with Crippen LogP contribution in [0.4, 0.5) is 0 Å². The van der Waals surface area contributed by atoms with Crippen LogP contribution < -0.4 is 14.8 Å². The predicted octanol–water partition coefficient (Wildman–Crippen LogP) is 2.25. The Bertz CT molecular complexity index is 1400. The minimum absolute atomic E-state index is 0.0176. The molecule has 1 fully saturated rings. The van der Waals surface area contributed by atoms with Gasteiger partial charge in [0.2, 0.25) is 0 Å². The molecule has 164 valence electrons. The molecule has 0 saturated carbocycles. The Morgan fingerprint density at radius 1 is 1.12 bits per heavy atom. The van der Waals surface area contributed by atoms with Gasteiger partial charge >= 0.3 is 0 Å². The van der Waals surface area contributed by atoms with E-state index in [2.05, 4.69) is 6.07 Å². The zero-order chi connectivity index (χ0) is 22.8. The molecule has 32 heavy (non-hydrogen) atoms. The summed E-state index contributed by atoms with van der Waals surface area (Å²) in [6, 6.07) is 11.8. The van der Waals surface area contributed by atoms with Gasteiger partial charge in [-0.05, 0) is 50.6 Å². The number of benzene rings is 1. The lowest BCUT2D eigenvalue weighted by atomic mass is 10.1. The van der Waals surface area contributed by atoms with E-state index in [1.807, 2.05) is 57.2 Å². The largest absolute Gasteiger partial charge is 0.378 e. The topological polar surface area (TPSA) is 75.3 Å². The number of amides is 1. The Morgan fingerprint density at radius 3 is 2.50 bits per heavy atom. The minimum atomic E-state index is -0.367. The summed E-state index contributed by atoms with van der Waals surface area (Å²) in [5.41, 5.74) is 2.41. The monoisotopic (exact) mass is 465 g/mol. The number of rotatable bonds is 3. The van der Waals surface area contributed by atoms with Crippen LogP contribution in [-0.2, 0) is 9.53 Å². The summed E-state index contributed by atoms with van der Waals surface area (Å²) in [6.07, 6.45) is 1.84. The fourth-order valence-corrected chi connectivity index (χ4v) is 5.67. The Labute approximate surface area is 193 Å². The average Bonchev–Trinajstić information content (AvgIpc) is 3.33. The van der Waals surface area contributed by atoms with E-state index >= 15 is 0 Å². The van der Waals surface area contributed by atoms with Crippen LogP contribution in [0.2, 0.25) is 0 Å². The zero-order valence-corrected chi connectivity index (χ0v) is 19.8. The second kappa shape index (κ2) is 9.25. The summed E-state index contributed by atoms with van der Waals surface area (Å²) < 4.78 is 7.71. The van der Waals surface area contributed by atoms with E-state index in [0.29, 0.717) is 41.2 Å². The first kappa shape index (κ1) is 22.2. The number of aromatic nitrogens is 1. The maximum atomic E-state index is 13.5. The number of thiophene rings is 1. The summed E-state index contributed by atoms with van der Waals surface area (Å²) in [5, 5.41) is 9.98. The van der Waals surface area contributed by atoms with Crippen LogP contribution in [0, 0.1) is 32.1 Å². The van der Waals surface area contributed by atoms with Crippen molar-refractivity contribution in [2.45, 2.75) is 20.8 Å². The molecule has 1 aliphatic heterocycles. The first-order valence-electron chi connectivity index (χ1n) is 10.3. The van der Waals surface area contributed by atoms with Crippen molar-refractivity contribution >= 4 is 40.2 Å². The van der Waals surface area contributed by atoms with Gasteiger partial charge in [-0.1, -0.05) is 17.7 Å². The first-order chi connectivity index (χ1) is 15.4. The molecule has 1 aliphatic rings. The molecule has 1 amide bonds. The number of thiazole rings is 1. The molecule has 6 nitrogen and oxygen atoms in total. The van der Waals surface area contributed by atoms with E-state index in [0.717, 1.165) is 20.9 Å². The maximum absolute atomic E-state index is 13.5. The SMILES string of the molecule is Cc1ccc(-n2c(=O)/c(=C/c3ccc(C)s3)s/c2=C(/C#N)C(=O)N2CCOCC2)c(C)c1. The second-order valence-corrected chi connectivity index (χ2v) is 10.0. The van der Waals surface area contributed by atoms with Crippen molar-refractivity contribution in [1.29, 1.82) is 5.26 Å². The molecule has 0 aliphatic carbocycles. The number of hydrogen-bond acceptors (Lipinski definition) is 6. The molecule has 1 saturated heterocycles. The van der Waals surface area contributed by atoms with Crippen LogP contribution >= 0.6 is 22.7 Å². The first-order valence-corrected chi connectivity index (χ1v) is 11.9. The lowest BCUT2D eigenvalue weighted by Gasteiger charge is -2.26. The van der Waals surface area contributed by atoms with Crippen molar-refractivity contribution in [2.75, 3.05) is 26.3 Å². The van der Waals surface area contributed by atoms with Crippen molar-refractivity contribution in [3.8, 4) is 11.8 Å². The van der Waals surface area contributed by atoms with Gasteiger partial charge in [-0.15, -0.1) is 22.7 Å². The van der Waals surface area contributed by atoms with Crippen LogP contribution in [0.5, 0.6) is 0 Å². The fraction of sp³-hybridized carbons (Fsp3) is 0.292. The van der Waals surface area contributed by atoms with Crippen LogP contribution in [0.25, 0.3) is 17.3 Å². The summed E-state index contributed by atoms with van der Waals surface area (Å²) in [5.74, 6) is -0.367. The van der Waals surface area contributed by atoms with Gasteiger partial charge in [0.05, 0.1) is 23.4 Å². The van der Waals surface area contributed by atoms with Gasteiger partial charge in [-0.25, -0.2) is 0 Å². The van der Waals surface area contributed by atoms with E-state index in [1.165, 1.54) is 15.9 Å². The smallest absolute Gasteiger partial charge is 0.273 e. The molecule has 3 aromatic rings. The number of nitriles is 1. The number of aryl methyl sites for hydroxylation is 3. The molecule has 0 atom stereocenters. The molecular weight excluding hydrogens is 442 g/mol. The Morgan fingerprint density at radius 2 is 1.88 bits per heavy atom. The molecule has 0 bridgehead atoms. The standard InChI is InChI=1S/C24H23N3O3S2/c1-15-4-7-20(16(2)12-15)27-23(29)21(13-18-6-5-17(3)31-18)32-24(27)19(14-25)22(28)26-8-10-30-11-9-26/h4-7,12-13H,8-11H2,1-3H3/b21-13-,24-19-. The lowest BCUT2D eigenvalue weighted by molar-refractivity contribution is -0.128. The van der Waals surface area contributed by atoms with Crippen LogP contribution in [-0.4, -0.2) is 41.7 Å². The quantitative estimate of drug-likeness (QED) is 0.595. The molecule has 2 aromatic heterocycles. The Hall–Kier alpha value is -2.99. The highest BCUT2D eigenvalue weighted by atomic mass is 32.1. The summed E-state index contributed by atoms with van der Waals surface area (Å²) in [7, 11) is 0. The van der Waals surface area contributed by atoms with Gasteiger partial charge in [0, 0.05) is 22.8 Å². The number of nitrogens with zero attached hydrogens (tertiary/aromatic N) is 3. The third-order valence-electron chi connectivity index (χ3n) is 5.29. The molecule has 0 unspecified atom stereocenters. The van der Waals surface area contributed by atoms with E-state index in [4.69, 9.17) is 4.74 Å². The van der Waals surface area contributed by atoms with Crippen molar-refractivity contribution in [3.05, 3.63) is 70.8 Å². The number of carbonyl (C=O) groups excluding carboxylic acids is 1. The molecule has 1 aromatic carbocycles. The summed E-state index contributed by atoms with van der Waals surface area (Å²) in [4.78, 5) is 30.5. The Balaban J connectivity index is 2.02. The minimum Gasteiger partial charge on any atom is -0.378 e. The zero-order valence-electron chi connectivity index (χ0n) is 18.2. The number of hydrogen-bond donors (Lipinski definition) is 0. The highest BCUT2D eigenvalue weighted by Gasteiger charge is 2.24. The highest BCUT2D eigenvalue weighted by molar-refractivity contribution is 7.13. The maximum Gasteiger partial charge on any atom is 0.273 e. The van der Waals surface area contributed by atoms with Crippen molar-refractivity contribution in [2.24, 2.45) is 0 Å². The molecule has 0 radical (unpaired) electrons. The molecule has 0 spiro atoms. The normalized spacial score (nSPS) is 15.6. The van der Waals surface area contributed by atoms with E-state index < -0.39 is 0 Å². The molecule has 8 heteroatoms. The third-order valence-corrected chi connectivity index (χ3v) is 7.33. The third kappa shape index (κ3) is 4.32. The number of morpholine rings is 1. The Kier molecular flexibility index (Phi) is 6.42. The molecule has 4 rings (SSSR count). The van der Waals surface area contributed by atoms with Gasteiger partial charge in [0.1, 0.15) is 10.7 Å². The van der Waals surface area contributed by atoms with Crippen molar-refractivity contribution < 1.29 is 9.53 Å². The van der Waals surface area contributed by atoms with Crippen molar-refractivity contribution in [1.82, 2.24) is 9.47 Å². The van der Waals surface area contributed by atoms with E-state index in [9.17, 15) is 14.9 Å². The predicted molar refractivity (Wildman–Crippen MR) is 128 cm³/mol. The summed E-state index contributed by atoms with van der Waals surface area (Å²) in [6.45, 7) is 7.66. The molecule has 0 N–H and O–H groups in total. The van der Waals surface area contributed by atoms with E-state index in [-0.39, 0.29) is 17.0 Å². The van der Waals surface area contributed by atoms with Crippen LogP contribution in [0.1, 0.15) is 20.9 Å². The van der Waals surface area contributed by atoms with E-state index in [1.54, 1.807) is 16.2 Å². The lowest BCUT2D eigenvalue weighted by Crippen LogP contribution is -2.42. The highest BCUT2D eigenvalue weighted by Crippen LogP contribution is 2.16. The average molecular weight is 466 g/mol. The van der Waals surface area contributed by atoms with Gasteiger partial charge < -0.3 is 9.64 Å². The van der Waals surface area contributed by atoms with Gasteiger partial charge in [-0.2, -0.15) is 5.26 Å². The number of ether oxygens (including phenoxy) is 1. The van der Waals surface area contributed by atoms with Crippen LogP contribution in [0.3, 0.4) is 0 Å². The van der Waals surface area contributed by atoms with Gasteiger partial charge in [0.15, 0.2) is 5.57 Å². The fourth-order valence-electron chi connectivity index (χ4n) is 3.70. The summed E-state index contributed by atoms with van der Waals surface area (Å²) >= 11 is 2.78. The molecule has 3 heterocycles. The molecular formula is C24H23N3O3S2. The van der Waals surface area contributed by atoms with Gasteiger partial charge in [-0.3, -0.25) is 14.2 Å². The van der Waals surface area contributed by atoms with Crippen molar-refractivity contribution in [3.63, 3.8) is 0 Å². The second-order valence-electron chi connectivity index (χ2n) is 7.69. The van der Waals surface area contributed by atoms with Crippen LogP contribution in [0.15, 0.2) is 35.1 Å². The van der Waals surface area contributed by atoms with Gasteiger partial charge in [0.25, 0.3) is 11.5 Å².